The molecule has 0 aliphatic heterocycles. The largest absolute Gasteiger partial charge is 0.467 e. The van der Waals surface area contributed by atoms with Gasteiger partial charge in [-0.25, -0.2) is 4.79 Å². The summed E-state index contributed by atoms with van der Waals surface area (Å²) in [6, 6.07) is 0. The van der Waals surface area contributed by atoms with Gasteiger partial charge in [0.25, 0.3) is 0 Å². The highest BCUT2D eigenvalue weighted by Crippen LogP contribution is 2.21. The molecule has 0 saturated carbocycles. The first-order valence-electron chi connectivity index (χ1n) is 6.58. The highest BCUT2D eigenvalue weighted by molar-refractivity contribution is 5.87. The molecule has 2 unspecified atom stereocenters. The van der Waals surface area contributed by atoms with E-state index in [1.54, 1.807) is 6.92 Å². The molecule has 1 aliphatic carbocycles. The second kappa shape index (κ2) is 6.57. The zero-order chi connectivity index (χ0) is 13.6. The molecule has 2 atom stereocenters. The lowest BCUT2D eigenvalue weighted by Gasteiger charge is -2.28. The summed E-state index contributed by atoms with van der Waals surface area (Å²) in [4.78, 5) is 23.7. The Bertz CT molecular complexity index is 338. The first kappa shape index (κ1) is 14.7. The molecule has 0 fully saturated rings. The van der Waals surface area contributed by atoms with Crippen LogP contribution in [0.3, 0.4) is 0 Å². The van der Waals surface area contributed by atoms with Crippen molar-refractivity contribution >= 4 is 11.9 Å². The lowest BCUT2D eigenvalue weighted by Crippen LogP contribution is -2.52. The minimum absolute atomic E-state index is 0.0760. The van der Waals surface area contributed by atoms with Gasteiger partial charge in [0, 0.05) is 6.42 Å². The number of methoxy groups -OCH3 is 1. The first-order valence-corrected chi connectivity index (χ1v) is 6.58. The smallest absolute Gasteiger partial charge is 0.331 e. The van der Waals surface area contributed by atoms with E-state index in [2.05, 4.69) is 17.5 Å². The van der Waals surface area contributed by atoms with Gasteiger partial charge in [-0.1, -0.05) is 25.5 Å². The van der Waals surface area contributed by atoms with Gasteiger partial charge in [-0.05, 0) is 32.1 Å². The van der Waals surface area contributed by atoms with E-state index in [0.29, 0.717) is 18.8 Å². The van der Waals surface area contributed by atoms with Gasteiger partial charge >= 0.3 is 5.97 Å². The minimum Gasteiger partial charge on any atom is -0.467 e. The van der Waals surface area contributed by atoms with Crippen molar-refractivity contribution in [2.24, 2.45) is 5.92 Å². The van der Waals surface area contributed by atoms with Crippen molar-refractivity contribution in [3.63, 3.8) is 0 Å². The lowest BCUT2D eigenvalue weighted by atomic mass is 9.95. The standard InChI is InChI=1S/C14H23NO3/c1-4-9-14(2,13(17)18-3)15-12(16)10-11-7-5-6-8-11/h5,7,11H,4,6,8-10H2,1-3H3,(H,15,16). The van der Waals surface area contributed by atoms with E-state index in [1.807, 2.05) is 6.92 Å². The van der Waals surface area contributed by atoms with Crippen LogP contribution in [0.5, 0.6) is 0 Å². The molecule has 0 aromatic carbocycles. The van der Waals surface area contributed by atoms with E-state index in [1.165, 1.54) is 7.11 Å². The Kier molecular flexibility index (Phi) is 5.38. The van der Waals surface area contributed by atoms with E-state index >= 15 is 0 Å². The minimum atomic E-state index is -0.900. The average Bonchev–Trinajstić information content (AvgIpc) is 2.80. The monoisotopic (exact) mass is 253 g/mol. The summed E-state index contributed by atoms with van der Waals surface area (Å²) in [6.07, 6.45) is 8.10. The summed E-state index contributed by atoms with van der Waals surface area (Å²) >= 11 is 0. The number of hydrogen-bond donors (Lipinski definition) is 1. The second-order valence-corrected chi connectivity index (χ2v) is 5.09. The molecule has 0 spiro atoms. The van der Waals surface area contributed by atoms with Crippen molar-refractivity contribution in [3.05, 3.63) is 12.2 Å². The van der Waals surface area contributed by atoms with Crippen LogP contribution < -0.4 is 5.32 Å². The Morgan fingerprint density at radius 1 is 1.50 bits per heavy atom. The van der Waals surface area contributed by atoms with E-state index in [4.69, 9.17) is 4.74 Å². The molecule has 0 aromatic heterocycles. The summed E-state index contributed by atoms with van der Waals surface area (Å²) < 4.78 is 4.77. The molecule has 1 amide bonds. The number of hydrogen-bond acceptors (Lipinski definition) is 3. The number of nitrogens with one attached hydrogen (secondary N) is 1. The van der Waals surface area contributed by atoms with E-state index in [0.717, 1.165) is 19.3 Å². The van der Waals surface area contributed by atoms with E-state index < -0.39 is 5.54 Å². The van der Waals surface area contributed by atoms with Gasteiger partial charge in [0.05, 0.1) is 7.11 Å². The van der Waals surface area contributed by atoms with Crippen LogP contribution in [0.2, 0.25) is 0 Å². The number of carbonyl (C=O) groups is 2. The summed E-state index contributed by atoms with van der Waals surface area (Å²) in [5.74, 6) is -0.138. The summed E-state index contributed by atoms with van der Waals surface area (Å²) in [7, 11) is 1.35. The van der Waals surface area contributed by atoms with Crippen LogP contribution >= 0.6 is 0 Å². The molecule has 0 heterocycles. The fourth-order valence-electron chi connectivity index (χ4n) is 2.40. The van der Waals surface area contributed by atoms with Gasteiger partial charge in [-0.15, -0.1) is 0 Å². The van der Waals surface area contributed by atoms with Crippen molar-refractivity contribution in [2.75, 3.05) is 7.11 Å². The van der Waals surface area contributed by atoms with Crippen LogP contribution in [0.15, 0.2) is 12.2 Å². The molecule has 4 nitrogen and oxygen atoms in total. The lowest BCUT2D eigenvalue weighted by molar-refractivity contribution is -0.150. The molecule has 1 aliphatic rings. The second-order valence-electron chi connectivity index (χ2n) is 5.09. The van der Waals surface area contributed by atoms with Gasteiger partial charge in [-0.2, -0.15) is 0 Å². The third kappa shape index (κ3) is 3.86. The first-order chi connectivity index (χ1) is 8.51. The molecule has 1 rings (SSSR count). The van der Waals surface area contributed by atoms with Crippen molar-refractivity contribution in [1.82, 2.24) is 5.32 Å². The molecule has 102 valence electrons. The Labute approximate surface area is 109 Å². The molecule has 18 heavy (non-hydrogen) atoms. The van der Waals surface area contributed by atoms with Crippen LogP contribution in [0, 0.1) is 5.92 Å². The Balaban J connectivity index is 2.56. The molecule has 0 aromatic rings. The van der Waals surface area contributed by atoms with Crippen LogP contribution in [-0.4, -0.2) is 24.5 Å². The van der Waals surface area contributed by atoms with Crippen molar-refractivity contribution in [1.29, 1.82) is 0 Å². The van der Waals surface area contributed by atoms with E-state index in [9.17, 15) is 9.59 Å². The molecular weight excluding hydrogens is 230 g/mol. The van der Waals surface area contributed by atoms with Crippen molar-refractivity contribution in [3.8, 4) is 0 Å². The molecule has 0 radical (unpaired) electrons. The molecule has 0 bridgehead atoms. The van der Waals surface area contributed by atoms with E-state index in [-0.39, 0.29) is 11.9 Å². The Morgan fingerprint density at radius 2 is 2.22 bits per heavy atom. The van der Waals surface area contributed by atoms with Crippen LogP contribution in [0.25, 0.3) is 0 Å². The number of ether oxygens (including phenoxy) is 1. The van der Waals surface area contributed by atoms with Gasteiger partial charge in [-0.3, -0.25) is 4.79 Å². The number of allylic oxidation sites excluding steroid dienone is 2. The highest BCUT2D eigenvalue weighted by Gasteiger charge is 2.35. The highest BCUT2D eigenvalue weighted by atomic mass is 16.5. The van der Waals surface area contributed by atoms with Crippen LogP contribution in [0.1, 0.15) is 46.0 Å². The third-order valence-electron chi connectivity index (χ3n) is 3.36. The average molecular weight is 253 g/mol. The van der Waals surface area contributed by atoms with Crippen molar-refractivity contribution < 1.29 is 14.3 Å². The summed E-state index contributed by atoms with van der Waals surface area (Å²) in [5, 5.41) is 2.82. The number of amides is 1. The maximum Gasteiger partial charge on any atom is 0.331 e. The maximum atomic E-state index is 12.0. The number of rotatable bonds is 6. The Hall–Kier alpha value is -1.32. The zero-order valence-corrected chi connectivity index (χ0v) is 11.5. The molecule has 1 N–H and O–H groups in total. The number of carbonyl (C=O) groups excluding carboxylic acids is 2. The van der Waals surface area contributed by atoms with Gasteiger partial charge in [0.1, 0.15) is 5.54 Å². The summed E-state index contributed by atoms with van der Waals surface area (Å²) in [6.45, 7) is 3.71. The van der Waals surface area contributed by atoms with Crippen molar-refractivity contribution in [2.45, 2.75) is 51.5 Å². The fraction of sp³-hybridized carbons (Fsp3) is 0.714. The number of esters is 1. The fourth-order valence-corrected chi connectivity index (χ4v) is 2.40. The zero-order valence-electron chi connectivity index (χ0n) is 11.5. The summed E-state index contributed by atoms with van der Waals surface area (Å²) in [5.41, 5.74) is -0.900. The van der Waals surface area contributed by atoms with Crippen LogP contribution in [-0.2, 0) is 14.3 Å². The SMILES string of the molecule is CCCC(C)(NC(=O)CC1C=CCC1)C(=O)OC. The molecule has 4 heteroatoms. The predicted molar refractivity (Wildman–Crippen MR) is 70.0 cm³/mol. The van der Waals surface area contributed by atoms with Gasteiger partial charge < -0.3 is 10.1 Å². The topological polar surface area (TPSA) is 55.4 Å². The molecular formula is C14H23NO3. The quantitative estimate of drug-likeness (QED) is 0.583. The normalized spacial score (nSPS) is 21.4. The maximum absolute atomic E-state index is 12.0. The van der Waals surface area contributed by atoms with Gasteiger partial charge in [0.2, 0.25) is 5.91 Å². The Morgan fingerprint density at radius 3 is 2.72 bits per heavy atom. The van der Waals surface area contributed by atoms with Crippen LogP contribution in [0.4, 0.5) is 0 Å². The van der Waals surface area contributed by atoms with Gasteiger partial charge in [0.15, 0.2) is 0 Å². The third-order valence-corrected chi connectivity index (χ3v) is 3.36. The predicted octanol–water partition coefficient (Wildman–Crippen LogP) is 2.19. The molecule has 0 saturated heterocycles.